The first kappa shape index (κ1) is 12.3. The molecule has 1 aromatic carbocycles. The van der Waals surface area contributed by atoms with Gasteiger partial charge in [0.25, 0.3) is 0 Å². The maximum absolute atomic E-state index is 11.1. The van der Waals surface area contributed by atoms with Crippen molar-refractivity contribution in [3.8, 4) is 11.5 Å². The second kappa shape index (κ2) is 5.11. The number of rotatable bonds is 2. The summed E-state index contributed by atoms with van der Waals surface area (Å²) in [5, 5.41) is 9.15. The third kappa shape index (κ3) is 2.53. The molecule has 2 unspecified atom stereocenters. The van der Waals surface area contributed by atoms with Crippen LogP contribution in [0.4, 0.5) is 0 Å². The zero-order chi connectivity index (χ0) is 13.2. The molecule has 1 aliphatic carbocycles. The monoisotopic (exact) mass is 262 g/mol. The Balaban J connectivity index is 1.79. The van der Waals surface area contributed by atoms with Gasteiger partial charge < -0.3 is 14.6 Å². The Kier molecular flexibility index (Phi) is 3.32. The van der Waals surface area contributed by atoms with Crippen LogP contribution < -0.4 is 9.47 Å². The molecule has 3 rings (SSSR count). The molecule has 0 amide bonds. The van der Waals surface area contributed by atoms with Crippen molar-refractivity contribution in [3.05, 3.63) is 23.8 Å². The van der Waals surface area contributed by atoms with Gasteiger partial charge in [0, 0.05) is 0 Å². The maximum Gasteiger partial charge on any atom is 0.306 e. The lowest BCUT2D eigenvalue weighted by Gasteiger charge is -2.28. The number of aliphatic carboxylic acids is 1. The van der Waals surface area contributed by atoms with Crippen molar-refractivity contribution in [2.75, 3.05) is 13.2 Å². The van der Waals surface area contributed by atoms with E-state index < -0.39 is 5.97 Å². The van der Waals surface area contributed by atoms with Crippen LogP contribution in [0.2, 0.25) is 0 Å². The van der Waals surface area contributed by atoms with Crippen molar-refractivity contribution in [2.45, 2.75) is 31.6 Å². The van der Waals surface area contributed by atoms with Crippen LogP contribution in [-0.4, -0.2) is 24.3 Å². The standard InChI is InChI=1S/C15H18O4/c16-15(17)12-3-1-2-10(8-12)11-4-5-13-14(9-11)19-7-6-18-13/h4-5,9-10,12H,1-3,6-8H2,(H,16,17). The summed E-state index contributed by atoms with van der Waals surface area (Å²) in [4.78, 5) is 11.1. The lowest BCUT2D eigenvalue weighted by Crippen LogP contribution is -2.22. The molecule has 1 aliphatic heterocycles. The number of carboxylic acids is 1. The molecule has 1 N–H and O–H groups in total. The number of ether oxygens (including phenoxy) is 2. The molecule has 1 heterocycles. The molecule has 0 bridgehead atoms. The topological polar surface area (TPSA) is 55.8 Å². The summed E-state index contributed by atoms with van der Waals surface area (Å²) in [6, 6.07) is 6.00. The van der Waals surface area contributed by atoms with Crippen molar-refractivity contribution < 1.29 is 19.4 Å². The van der Waals surface area contributed by atoms with Gasteiger partial charge in [0.05, 0.1) is 5.92 Å². The first-order valence-electron chi connectivity index (χ1n) is 6.86. The van der Waals surface area contributed by atoms with E-state index in [1.807, 2.05) is 18.2 Å². The molecule has 1 fully saturated rings. The van der Waals surface area contributed by atoms with Gasteiger partial charge >= 0.3 is 5.97 Å². The van der Waals surface area contributed by atoms with E-state index in [1.54, 1.807) is 0 Å². The van der Waals surface area contributed by atoms with Crippen LogP contribution in [0.3, 0.4) is 0 Å². The molecule has 4 heteroatoms. The van der Waals surface area contributed by atoms with Crippen LogP contribution in [-0.2, 0) is 4.79 Å². The van der Waals surface area contributed by atoms with E-state index in [4.69, 9.17) is 14.6 Å². The Bertz CT molecular complexity index is 483. The second-order valence-corrected chi connectivity index (χ2v) is 5.30. The molecule has 0 spiro atoms. The van der Waals surface area contributed by atoms with Crippen LogP contribution in [0.15, 0.2) is 18.2 Å². The molecule has 102 valence electrons. The molecule has 0 aromatic heterocycles. The van der Waals surface area contributed by atoms with Gasteiger partial charge in [-0.1, -0.05) is 12.5 Å². The van der Waals surface area contributed by atoms with Gasteiger partial charge in [0.1, 0.15) is 13.2 Å². The predicted molar refractivity (Wildman–Crippen MR) is 69.8 cm³/mol. The SMILES string of the molecule is O=C(O)C1CCCC(c2ccc3c(c2)OCCO3)C1. The molecule has 2 atom stereocenters. The van der Waals surface area contributed by atoms with E-state index in [-0.39, 0.29) is 5.92 Å². The van der Waals surface area contributed by atoms with Crippen molar-refractivity contribution >= 4 is 5.97 Å². The summed E-state index contributed by atoms with van der Waals surface area (Å²) >= 11 is 0. The molecule has 0 saturated heterocycles. The van der Waals surface area contributed by atoms with E-state index >= 15 is 0 Å². The van der Waals surface area contributed by atoms with Crippen LogP contribution in [0.5, 0.6) is 11.5 Å². The molecule has 4 nitrogen and oxygen atoms in total. The lowest BCUT2D eigenvalue weighted by atomic mass is 9.78. The van der Waals surface area contributed by atoms with Crippen molar-refractivity contribution in [3.63, 3.8) is 0 Å². The zero-order valence-electron chi connectivity index (χ0n) is 10.8. The minimum atomic E-state index is -0.665. The van der Waals surface area contributed by atoms with Crippen molar-refractivity contribution in [2.24, 2.45) is 5.92 Å². The Hall–Kier alpha value is -1.71. The minimum Gasteiger partial charge on any atom is -0.486 e. The van der Waals surface area contributed by atoms with Gasteiger partial charge in [-0.2, -0.15) is 0 Å². The average molecular weight is 262 g/mol. The van der Waals surface area contributed by atoms with Crippen LogP contribution >= 0.6 is 0 Å². The Morgan fingerprint density at radius 3 is 2.74 bits per heavy atom. The summed E-state index contributed by atoms with van der Waals surface area (Å²) in [5.74, 6) is 1.04. The fourth-order valence-corrected chi connectivity index (χ4v) is 3.03. The Morgan fingerprint density at radius 2 is 1.95 bits per heavy atom. The normalized spacial score (nSPS) is 25.9. The third-order valence-electron chi connectivity index (χ3n) is 4.06. The van der Waals surface area contributed by atoms with Gasteiger partial charge in [0.15, 0.2) is 11.5 Å². The van der Waals surface area contributed by atoms with Crippen molar-refractivity contribution in [1.82, 2.24) is 0 Å². The summed E-state index contributed by atoms with van der Waals surface area (Å²) in [6.45, 7) is 1.18. The largest absolute Gasteiger partial charge is 0.486 e. The van der Waals surface area contributed by atoms with E-state index in [1.165, 1.54) is 5.56 Å². The van der Waals surface area contributed by atoms with Gasteiger partial charge in [-0.3, -0.25) is 4.79 Å². The first-order chi connectivity index (χ1) is 9.24. The highest BCUT2D eigenvalue weighted by molar-refractivity contribution is 5.70. The van der Waals surface area contributed by atoms with Crippen LogP contribution in [0.25, 0.3) is 0 Å². The van der Waals surface area contributed by atoms with Crippen molar-refractivity contribution in [1.29, 1.82) is 0 Å². The third-order valence-corrected chi connectivity index (χ3v) is 4.06. The average Bonchev–Trinajstić information content (AvgIpc) is 2.47. The highest BCUT2D eigenvalue weighted by Gasteiger charge is 2.28. The number of carboxylic acid groups (broad SMARTS) is 1. The number of benzene rings is 1. The zero-order valence-corrected chi connectivity index (χ0v) is 10.8. The maximum atomic E-state index is 11.1. The fraction of sp³-hybridized carbons (Fsp3) is 0.533. The van der Waals surface area contributed by atoms with E-state index in [0.717, 1.165) is 37.2 Å². The van der Waals surface area contributed by atoms with Crippen LogP contribution in [0.1, 0.15) is 37.2 Å². The number of hydrogen-bond acceptors (Lipinski definition) is 3. The predicted octanol–water partition coefficient (Wildman–Crippen LogP) is 2.82. The smallest absolute Gasteiger partial charge is 0.306 e. The number of carbonyl (C=O) groups is 1. The Labute approximate surface area is 112 Å². The molecule has 2 aliphatic rings. The summed E-state index contributed by atoms with van der Waals surface area (Å²) in [5.41, 5.74) is 1.18. The molecule has 1 aromatic rings. The molecular formula is C15H18O4. The highest BCUT2D eigenvalue weighted by atomic mass is 16.6. The summed E-state index contributed by atoms with van der Waals surface area (Å²) in [7, 11) is 0. The molecular weight excluding hydrogens is 244 g/mol. The number of hydrogen-bond donors (Lipinski definition) is 1. The Morgan fingerprint density at radius 1 is 1.16 bits per heavy atom. The minimum absolute atomic E-state index is 0.202. The fourth-order valence-electron chi connectivity index (χ4n) is 3.03. The van der Waals surface area contributed by atoms with Gasteiger partial charge in [-0.25, -0.2) is 0 Å². The quantitative estimate of drug-likeness (QED) is 0.890. The van der Waals surface area contributed by atoms with E-state index in [2.05, 4.69) is 0 Å². The van der Waals surface area contributed by atoms with Crippen LogP contribution in [0, 0.1) is 5.92 Å². The number of fused-ring (bicyclic) bond motifs is 1. The summed E-state index contributed by atoms with van der Waals surface area (Å²) in [6.07, 6.45) is 3.57. The van der Waals surface area contributed by atoms with E-state index in [0.29, 0.717) is 19.1 Å². The van der Waals surface area contributed by atoms with Gasteiger partial charge in [-0.15, -0.1) is 0 Å². The highest BCUT2D eigenvalue weighted by Crippen LogP contribution is 2.40. The second-order valence-electron chi connectivity index (χ2n) is 5.30. The first-order valence-corrected chi connectivity index (χ1v) is 6.86. The molecule has 0 radical (unpaired) electrons. The van der Waals surface area contributed by atoms with Gasteiger partial charge in [0.2, 0.25) is 0 Å². The molecule has 19 heavy (non-hydrogen) atoms. The van der Waals surface area contributed by atoms with E-state index in [9.17, 15) is 4.79 Å². The summed E-state index contributed by atoms with van der Waals surface area (Å²) < 4.78 is 11.1. The lowest BCUT2D eigenvalue weighted by molar-refractivity contribution is -0.142. The molecule has 1 saturated carbocycles. The van der Waals surface area contributed by atoms with Gasteiger partial charge in [-0.05, 0) is 42.9 Å².